The van der Waals surface area contributed by atoms with Gasteiger partial charge in [0.2, 0.25) is 0 Å². The van der Waals surface area contributed by atoms with Crippen LogP contribution in [0.15, 0.2) is 36.5 Å². The molecule has 0 aliphatic heterocycles. The standard InChI is InChI=1S/C16H22O6/c1-10(2)15(19)21-8-6-7-13(9-12(5)14(17)18)22-16(20)11(3)4/h13H,1,3,5-9H2,2,4H3,(H,17,18). The summed E-state index contributed by atoms with van der Waals surface area (Å²) in [6, 6.07) is 0. The maximum absolute atomic E-state index is 11.5. The minimum atomic E-state index is -1.15. The first kappa shape index (κ1) is 19.6. The van der Waals surface area contributed by atoms with Crippen molar-refractivity contribution in [2.45, 2.75) is 39.2 Å². The van der Waals surface area contributed by atoms with Gasteiger partial charge in [-0.05, 0) is 26.7 Å². The van der Waals surface area contributed by atoms with Gasteiger partial charge in [0, 0.05) is 23.1 Å². The molecule has 0 aromatic heterocycles. The Hall–Kier alpha value is -2.37. The highest BCUT2D eigenvalue weighted by molar-refractivity contribution is 5.88. The van der Waals surface area contributed by atoms with Gasteiger partial charge in [0.25, 0.3) is 0 Å². The summed E-state index contributed by atoms with van der Waals surface area (Å²) < 4.78 is 10.1. The molecule has 0 rings (SSSR count). The first-order valence-electron chi connectivity index (χ1n) is 6.75. The molecule has 0 saturated carbocycles. The Morgan fingerprint density at radius 2 is 1.59 bits per heavy atom. The van der Waals surface area contributed by atoms with Crippen LogP contribution in [0.25, 0.3) is 0 Å². The molecule has 22 heavy (non-hydrogen) atoms. The number of carboxylic acids is 1. The second-order valence-electron chi connectivity index (χ2n) is 4.98. The van der Waals surface area contributed by atoms with Crippen LogP contribution in [0.1, 0.15) is 33.1 Å². The highest BCUT2D eigenvalue weighted by atomic mass is 16.5. The predicted molar refractivity (Wildman–Crippen MR) is 81.1 cm³/mol. The van der Waals surface area contributed by atoms with E-state index in [1.54, 1.807) is 0 Å². The molecule has 0 spiro atoms. The fourth-order valence-corrected chi connectivity index (χ4v) is 1.42. The fraction of sp³-hybridized carbons (Fsp3) is 0.438. The van der Waals surface area contributed by atoms with Crippen LogP contribution < -0.4 is 0 Å². The Bertz CT molecular complexity index is 461. The number of esters is 2. The zero-order chi connectivity index (χ0) is 17.3. The summed E-state index contributed by atoms with van der Waals surface area (Å²) in [6.07, 6.45) is 0.105. The normalized spacial score (nSPS) is 11.2. The van der Waals surface area contributed by atoms with Crippen LogP contribution >= 0.6 is 0 Å². The second-order valence-corrected chi connectivity index (χ2v) is 4.98. The molecule has 0 fully saturated rings. The van der Waals surface area contributed by atoms with Crippen LogP contribution in [-0.4, -0.2) is 35.7 Å². The Morgan fingerprint density at radius 3 is 2.05 bits per heavy atom. The van der Waals surface area contributed by atoms with Gasteiger partial charge in [-0.2, -0.15) is 0 Å². The summed E-state index contributed by atoms with van der Waals surface area (Å²) in [5, 5.41) is 8.84. The highest BCUT2D eigenvalue weighted by Crippen LogP contribution is 2.15. The summed E-state index contributed by atoms with van der Waals surface area (Å²) in [5.74, 6) is -2.24. The lowest BCUT2D eigenvalue weighted by molar-refractivity contribution is -0.146. The van der Waals surface area contributed by atoms with Crippen molar-refractivity contribution in [1.29, 1.82) is 0 Å². The Balaban J connectivity index is 4.46. The van der Waals surface area contributed by atoms with E-state index in [1.807, 2.05) is 0 Å². The molecule has 0 aromatic carbocycles. The van der Waals surface area contributed by atoms with E-state index in [0.717, 1.165) is 0 Å². The van der Waals surface area contributed by atoms with Crippen molar-refractivity contribution in [2.75, 3.05) is 6.61 Å². The summed E-state index contributed by atoms with van der Waals surface area (Å²) in [6.45, 7) is 13.5. The van der Waals surface area contributed by atoms with E-state index in [-0.39, 0.29) is 24.2 Å². The predicted octanol–water partition coefficient (Wildman–Crippen LogP) is 2.40. The van der Waals surface area contributed by atoms with Gasteiger partial charge in [0.05, 0.1) is 6.61 Å². The minimum Gasteiger partial charge on any atom is -0.478 e. The molecule has 0 radical (unpaired) electrons. The quantitative estimate of drug-likeness (QED) is 0.378. The molecular weight excluding hydrogens is 288 g/mol. The monoisotopic (exact) mass is 310 g/mol. The molecule has 1 unspecified atom stereocenters. The topological polar surface area (TPSA) is 89.9 Å². The molecule has 1 atom stereocenters. The molecule has 6 nitrogen and oxygen atoms in total. The lowest BCUT2D eigenvalue weighted by Crippen LogP contribution is -2.21. The lowest BCUT2D eigenvalue weighted by Gasteiger charge is -2.18. The fourth-order valence-electron chi connectivity index (χ4n) is 1.42. The van der Waals surface area contributed by atoms with E-state index in [2.05, 4.69) is 19.7 Å². The first-order chi connectivity index (χ1) is 10.1. The smallest absolute Gasteiger partial charge is 0.333 e. The summed E-state index contributed by atoms with van der Waals surface area (Å²) in [4.78, 5) is 33.6. The summed E-state index contributed by atoms with van der Waals surface area (Å²) in [7, 11) is 0. The molecule has 122 valence electrons. The van der Waals surface area contributed by atoms with Gasteiger partial charge in [0.1, 0.15) is 6.10 Å². The van der Waals surface area contributed by atoms with Gasteiger partial charge in [-0.15, -0.1) is 0 Å². The molecule has 6 heteroatoms. The maximum atomic E-state index is 11.5. The molecule has 0 aromatic rings. The van der Waals surface area contributed by atoms with Crippen LogP contribution in [0, 0.1) is 0 Å². The van der Waals surface area contributed by atoms with E-state index in [9.17, 15) is 14.4 Å². The van der Waals surface area contributed by atoms with E-state index >= 15 is 0 Å². The summed E-state index contributed by atoms with van der Waals surface area (Å²) >= 11 is 0. The van der Waals surface area contributed by atoms with Crippen LogP contribution in [0.4, 0.5) is 0 Å². The van der Waals surface area contributed by atoms with Gasteiger partial charge in [-0.1, -0.05) is 19.7 Å². The molecule has 0 heterocycles. The van der Waals surface area contributed by atoms with Crippen molar-refractivity contribution in [3.8, 4) is 0 Å². The van der Waals surface area contributed by atoms with Gasteiger partial charge >= 0.3 is 17.9 Å². The molecule has 0 aliphatic carbocycles. The number of carboxylic acid groups (broad SMARTS) is 1. The van der Waals surface area contributed by atoms with Gasteiger partial charge < -0.3 is 14.6 Å². The Labute approximate surface area is 130 Å². The van der Waals surface area contributed by atoms with Crippen molar-refractivity contribution in [3.63, 3.8) is 0 Å². The summed E-state index contributed by atoms with van der Waals surface area (Å²) in [5.41, 5.74) is 0.461. The second kappa shape index (κ2) is 9.55. The molecular formula is C16H22O6. The number of carbonyl (C=O) groups is 3. The van der Waals surface area contributed by atoms with Gasteiger partial charge in [-0.25, -0.2) is 14.4 Å². The van der Waals surface area contributed by atoms with Crippen molar-refractivity contribution in [2.24, 2.45) is 0 Å². The van der Waals surface area contributed by atoms with E-state index < -0.39 is 24.0 Å². The van der Waals surface area contributed by atoms with Crippen molar-refractivity contribution < 1.29 is 29.0 Å². The van der Waals surface area contributed by atoms with Crippen molar-refractivity contribution >= 4 is 17.9 Å². The van der Waals surface area contributed by atoms with Crippen molar-refractivity contribution in [3.05, 3.63) is 36.5 Å². The zero-order valence-electron chi connectivity index (χ0n) is 13.0. The van der Waals surface area contributed by atoms with E-state index in [1.165, 1.54) is 13.8 Å². The van der Waals surface area contributed by atoms with Crippen molar-refractivity contribution in [1.82, 2.24) is 0 Å². The van der Waals surface area contributed by atoms with E-state index in [4.69, 9.17) is 14.6 Å². The molecule has 1 N–H and O–H groups in total. The molecule has 0 bridgehead atoms. The number of hydrogen-bond donors (Lipinski definition) is 1. The van der Waals surface area contributed by atoms with Gasteiger partial charge in [-0.3, -0.25) is 0 Å². The van der Waals surface area contributed by atoms with Crippen LogP contribution in [0.5, 0.6) is 0 Å². The third-order valence-electron chi connectivity index (χ3n) is 2.65. The molecule has 0 aliphatic rings. The van der Waals surface area contributed by atoms with Crippen LogP contribution in [0.3, 0.4) is 0 Å². The number of ether oxygens (including phenoxy) is 2. The maximum Gasteiger partial charge on any atom is 0.333 e. The largest absolute Gasteiger partial charge is 0.478 e. The van der Waals surface area contributed by atoms with E-state index in [0.29, 0.717) is 18.4 Å². The van der Waals surface area contributed by atoms with Crippen LogP contribution in [0.2, 0.25) is 0 Å². The SMILES string of the molecule is C=C(C)C(=O)OCCCC(CC(=C)C(=O)O)OC(=O)C(=C)C. The molecule has 0 saturated heterocycles. The highest BCUT2D eigenvalue weighted by Gasteiger charge is 2.19. The number of aliphatic carboxylic acids is 1. The number of rotatable bonds is 10. The zero-order valence-corrected chi connectivity index (χ0v) is 13.0. The third kappa shape index (κ3) is 8.04. The minimum absolute atomic E-state index is 0.00276. The number of carbonyl (C=O) groups excluding carboxylic acids is 2. The molecule has 0 amide bonds. The average Bonchev–Trinajstić information content (AvgIpc) is 2.42. The van der Waals surface area contributed by atoms with Crippen LogP contribution in [-0.2, 0) is 23.9 Å². The lowest BCUT2D eigenvalue weighted by atomic mass is 10.1. The Morgan fingerprint density at radius 1 is 1.05 bits per heavy atom. The van der Waals surface area contributed by atoms with Gasteiger partial charge in [0.15, 0.2) is 0 Å². The first-order valence-corrected chi connectivity index (χ1v) is 6.75. The number of hydrogen-bond acceptors (Lipinski definition) is 5. The third-order valence-corrected chi connectivity index (χ3v) is 2.65. The average molecular weight is 310 g/mol. The Kier molecular flexibility index (Phi) is 8.52.